The lowest BCUT2D eigenvalue weighted by Gasteiger charge is -2.30. The molecule has 6 heteroatoms. The van der Waals surface area contributed by atoms with Crippen molar-refractivity contribution in [3.8, 4) is 23.0 Å². The van der Waals surface area contributed by atoms with Crippen LogP contribution in [0.1, 0.15) is 376 Å². The average molecular weight is 1300 g/mol. The van der Waals surface area contributed by atoms with Gasteiger partial charge in [0.2, 0.25) is 0 Å². The molecule has 0 aliphatic rings. The first-order valence-electron chi connectivity index (χ1n) is 36.9. The van der Waals surface area contributed by atoms with E-state index in [4.69, 9.17) is 4.74 Å². The second-order valence-electron chi connectivity index (χ2n) is 36.7. The van der Waals surface area contributed by atoms with E-state index in [9.17, 15) is 25.2 Å². The minimum Gasteiger partial charge on any atom is -0.507 e. The molecule has 5 aromatic carbocycles. The largest absolute Gasteiger partial charge is 0.507 e. The molecule has 0 atom stereocenters. The maximum absolute atomic E-state index is 12.2. The van der Waals surface area contributed by atoms with Crippen LogP contribution in [0.5, 0.6) is 23.0 Å². The van der Waals surface area contributed by atoms with Gasteiger partial charge in [-0.05, 0) is 197 Å². The van der Waals surface area contributed by atoms with Gasteiger partial charge in [-0.1, -0.05) is 306 Å². The van der Waals surface area contributed by atoms with E-state index in [1.807, 2.05) is 12.1 Å². The van der Waals surface area contributed by atoms with Crippen molar-refractivity contribution in [2.45, 2.75) is 359 Å². The summed E-state index contributed by atoms with van der Waals surface area (Å²) in [6.07, 6.45) is 26.9. The van der Waals surface area contributed by atoms with Crippen LogP contribution in [-0.4, -0.2) is 33.0 Å². The van der Waals surface area contributed by atoms with Crippen molar-refractivity contribution in [1.29, 1.82) is 0 Å². The van der Waals surface area contributed by atoms with Crippen LogP contribution >= 0.6 is 0 Å². The molecule has 0 heterocycles. The highest BCUT2D eigenvalue weighted by Gasteiger charge is 2.32. The predicted octanol–water partition coefficient (Wildman–Crippen LogP) is 25.1. The lowest BCUT2D eigenvalue weighted by Crippen LogP contribution is -2.19. The SMILES string of the molecule is CCCCCCCCCCCCCCCCCCOC(=O)C=Cc1cc(C(C)(C)C)c(O)c(C(C)(C)C)c1.Cc1c(Cc2cc(C(C)(C)C)c(O)c(C(C)(C)C)c2)c(C)c(Cc2cc(C(C)(C)C)c(O)c(C(C)(C)C)c2)c(C)c1Cc1cc(C(C)(C)C)c(O)c(C(C)(C)C)c1. The maximum atomic E-state index is 12.2. The number of phenols is 4. The molecule has 6 nitrogen and oxygen atoms in total. The first-order valence-corrected chi connectivity index (χ1v) is 36.9. The quantitative estimate of drug-likeness (QED) is 0.0263. The maximum Gasteiger partial charge on any atom is 0.330 e. The highest BCUT2D eigenvalue weighted by molar-refractivity contribution is 5.87. The molecular weight excluding hydrogens is 1160 g/mol. The van der Waals surface area contributed by atoms with E-state index in [1.54, 1.807) is 6.08 Å². The molecule has 0 saturated carbocycles. The van der Waals surface area contributed by atoms with E-state index in [-0.39, 0.29) is 49.3 Å². The van der Waals surface area contributed by atoms with Crippen molar-refractivity contribution in [2.24, 2.45) is 0 Å². The van der Waals surface area contributed by atoms with E-state index in [0.717, 1.165) is 82.2 Å². The van der Waals surface area contributed by atoms with Gasteiger partial charge < -0.3 is 25.2 Å². The van der Waals surface area contributed by atoms with Crippen molar-refractivity contribution >= 4 is 12.0 Å². The van der Waals surface area contributed by atoms with Crippen molar-refractivity contribution in [2.75, 3.05) is 6.61 Å². The van der Waals surface area contributed by atoms with Crippen LogP contribution in [0.2, 0.25) is 0 Å². The fraction of sp³-hybridized carbons (Fsp3) is 0.629. The standard InChI is InChI=1S/C54H78O3.C35H60O3/c1-31-37(22-34-25-40(49(4,5)6)46(55)41(26-34)50(7,8)9)32(2)39(24-36-29-44(53(16,17)18)48(57)45(30-36)54(19,20)21)33(3)38(31)23-35-27-42(51(10,11)12)47(56)43(28-35)52(13,14)15;1-8-9-10-11-12-13-14-15-16-17-18-19-20-21-22-23-26-38-32(36)25-24-29-27-30(34(2,3)4)33(37)31(28-29)35(5,6)7/h25-30,55-57H,22-24H2,1-21H3;24-25,27-28,37H,8-23,26H2,1-7H3. The number of carbonyl (C=O) groups is 1. The van der Waals surface area contributed by atoms with E-state index in [1.165, 1.54) is 146 Å². The van der Waals surface area contributed by atoms with Crippen molar-refractivity contribution in [3.05, 3.63) is 155 Å². The Balaban J connectivity index is 0.000000440. The van der Waals surface area contributed by atoms with Crippen molar-refractivity contribution in [1.82, 2.24) is 0 Å². The molecule has 0 saturated heterocycles. The Bertz CT molecular complexity index is 2950. The molecule has 4 N–H and O–H groups in total. The number of aromatic hydroxyl groups is 4. The average Bonchev–Trinajstić information content (AvgIpc) is 0.773. The smallest absolute Gasteiger partial charge is 0.330 e. The minimum absolute atomic E-state index is 0.193. The Morgan fingerprint density at radius 2 is 0.526 bits per heavy atom. The van der Waals surface area contributed by atoms with Gasteiger partial charge in [0, 0.05) is 17.2 Å². The molecule has 530 valence electrons. The lowest BCUT2D eigenvalue weighted by molar-refractivity contribution is -0.137. The summed E-state index contributed by atoms with van der Waals surface area (Å²) in [7, 11) is 0. The molecular formula is C89H138O6. The molecule has 0 bridgehead atoms. The summed E-state index contributed by atoms with van der Waals surface area (Å²) >= 11 is 0. The predicted molar refractivity (Wildman–Crippen MR) is 411 cm³/mol. The molecule has 95 heavy (non-hydrogen) atoms. The van der Waals surface area contributed by atoms with Crippen LogP contribution in [0.25, 0.3) is 6.08 Å². The topological polar surface area (TPSA) is 107 Å². The molecule has 0 aliphatic heterocycles. The fourth-order valence-corrected chi connectivity index (χ4v) is 13.5. The highest BCUT2D eigenvalue weighted by Crippen LogP contribution is 2.46. The third-order valence-corrected chi connectivity index (χ3v) is 19.6. The third kappa shape index (κ3) is 23.9. The Labute approximate surface area is 582 Å². The van der Waals surface area contributed by atoms with Gasteiger partial charge in [-0.2, -0.15) is 0 Å². The van der Waals surface area contributed by atoms with Gasteiger partial charge in [-0.25, -0.2) is 4.79 Å². The second kappa shape index (κ2) is 33.4. The van der Waals surface area contributed by atoms with Gasteiger partial charge in [0.1, 0.15) is 23.0 Å². The highest BCUT2D eigenvalue weighted by atomic mass is 16.5. The zero-order valence-corrected chi connectivity index (χ0v) is 66.0. The van der Waals surface area contributed by atoms with Gasteiger partial charge in [0.05, 0.1) is 6.61 Å². The number of hydrogen-bond donors (Lipinski definition) is 4. The molecule has 0 unspecified atom stereocenters. The summed E-state index contributed by atoms with van der Waals surface area (Å²) in [6.45, 7) is 61.5. The molecule has 0 aromatic heterocycles. The number of ether oxygens (including phenoxy) is 1. The third-order valence-electron chi connectivity index (χ3n) is 19.6. The number of benzene rings is 5. The Kier molecular flexibility index (Phi) is 28.8. The molecule has 5 aromatic rings. The van der Waals surface area contributed by atoms with Crippen molar-refractivity contribution < 1.29 is 30.0 Å². The molecule has 0 fully saturated rings. The number of unbranched alkanes of at least 4 members (excludes halogenated alkanes) is 15. The second-order valence-corrected chi connectivity index (χ2v) is 36.7. The first-order chi connectivity index (χ1) is 43.5. The molecule has 0 radical (unpaired) electrons. The summed E-state index contributed by atoms with van der Waals surface area (Å²) in [5.74, 6) is 1.28. The summed E-state index contributed by atoms with van der Waals surface area (Å²) in [6, 6.07) is 17.4. The zero-order valence-electron chi connectivity index (χ0n) is 66.0. The summed E-state index contributed by atoms with van der Waals surface area (Å²) in [5, 5.41) is 45.8. The fourth-order valence-electron chi connectivity index (χ4n) is 13.5. The number of hydrogen-bond acceptors (Lipinski definition) is 6. The molecule has 0 amide bonds. The summed E-state index contributed by atoms with van der Waals surface area (Å²) in [4.78, 5) is 12.2. The molecule has 0 aliphatic carbocycles. The van der Waals surface area contributed by atoms with Crippen LogP contribution in [0.3, 0.4) is 0 Å². The van der Waals surface area contributed by atoms with E-state index >= 15 is 0 Å². The molecule has 0 spiro atoms. The summed E-state index contributed by atoms with van der Waals surface area (Å²) in [5.41, 5.74) is 18.4. The van der Waals surface area contributed by atoms with Gasteiger partial charge in [-0.15, -0.1) is 0 Å². The van der Waals surface area contributed by atoms with Crippen LogP contribution in [0.4, 0.5) is 0 Å². The van der Waals surface area contributed by atoms with Crippen LogP contribution in [0, 0.1) is 20.8 Å². The van der Waals surface area contributed by atoms with E-state index in [2.05, 4.69) is 230 Å². The van der Waals surface area contributed by atoms with Gasteiger partial charge in [0.25, 0.3) is 0 Å². The normalized spacial score (nSPS) is 13.0. The Hall–Kier alpha value is -5.49. The van der Waals surface area contributed by atoms with Gasteiger partial charge >= 0.3 is 5.97 Å². The number of carbonyl (C=O) groups excluding carboxylic acids is 1. The van der Waals surface area contributed by atoms with Crippen LogP contribution < -0.4 is 0 Å². The number of rotatable bonds is 25. The molecule has 5 rings (SSSR count). The monoisotopic (exact) mass is 1300 g/mol. The van der Waals surface area contributed by atoms with Crippen LogP contribution in [0.15, 0.2) is 54.6 Å². The number of phenolic OH excluding ortho intramolecular Hbond substituents is 4. The summed E-state index contributed by atoms with van der Waals surface area (Å²) < 4.78 is 5.43. The lowest BCUT2D eigenvalue weighted by atomic mass is 9.75. The number of esters is 1. The van der Waals surface area contributed by atoms with Gasteiger partial charge in [-0.3, -0.25) is 0 Å². The Morgan fingerprint density at radius 3 is 0.737 bits per heavy atom. The van der Waals surface area contributed by atoms with E-state index < -0.39 is 0 Å². The first kappa shape index (κ1) is 81.9. The van der Waals surface area contributed by atoms with Crippen molar-refractivity contribution in [3.63, 3.8) is 0 Å². The van der Waals surface area contributed by atoms with E-state index in [0.29, 0.717) is 29.6 Å². The Morgan fingerprint density at radius 1 is 0.326 bits per heavy atom. The zero-order chi connectivity index (χ0) is 72.2. The van der Waals surface area contributed by atoms with Gasteiger partial charge in [0.15, 0.2) is 0 Å². The minimum atomic E-state index is -0.298. The van der Waals surface area contributed by atoms with Crippen LogP contribution in [-0.2, 0) is 72.1 Å².